The number of carbonyl (C=O) groups is 4. The molecule has 1 aliphatic rings. The zero-order valence-electron chi connectivity index (χ0n) is 25.4. The van der Waals surface area contributed by atoms with Crippen LogP contribution < -0.4 is 15.4 Å². The molecule has 0 radical (unpaired) electrons. The maximum atomic E-state index is 13.5. The quantitative estimate of drug-likeness (QED) is 0.383. The summed E-state index contributed by atoms with van der Waals surface area (Å²) < 4.78 is 5.84. The van der Waals surface area contributed by atoms with E-state index in [0.29, 0.717) is 28.2 Å². The van der Waals surface area contributed by atoms with Gasteiger partial charge in [-0.2, -0.15) is 0 Å². The minimum Gasteiger partial charge on any atom is -0.483 e. The molecule has 1 fully saturated rings. The Bertz CT molecular complexity index is 1270. The van der Waals surface area contributed by atoms with E-state index >= 15 is 0 Å². The summed E-state index contributed by atoms with van der Waals surface area (Å²) in [5.41, 5.74) is 2.28. The van der Waals surface area contributed by atoms with Gasteiger partial charge in [0.1, 0.15) is 11.8 Å². The average Bonchev–Trinajstić information content (AvgIpc) is 3.41. The van der Waals surface area contributed by atoms with Crippen LogP contribution in [0.15, 0.2) is 42.5 Å². The predicted octanol–water partition coefficient (Wildman–Crippen LogP) is 2.29. The van der Waals surface area contributed by atoms with Crippen molar-refractivity contribution in [2.24, 2.45) is 0 Å². The second kappa shape index (κ2) is 14.1. The molecule has 42 heavy (non-hydrogen) atoms. The van der Waals surface area contributed by atoms with Gasteiger partial charge in [0.15, 0.2) is 12.7 Å². The van der Waals surface area contributed by atoms with Crippen molar-refractivity contribution in [3.63, 3.8) is 0 Å². The predicted molar refractivity (Wildman–Crippen MR) is 163 cm³/mol. The van der Waals surface area contributed by atoms with E-state index in [9.17, 15) is 24.3 Å². The summed E-state index contributed by atoms with van der Waals surface area (Å²) in [6, 6.07) is 11.0. The van der Waals surface area contributed by atoms with Crippen molar-refractivity contribution in [3.8, 4) is 5.75 Å². The highest BCUT2D eigenvalue weighted by molar-refractivity contribution is 7.99. The lowest BCUT2D eigenvalue weighted by atomic mass is 9.99. The average molecular weight is 599 g/mol. The molecule has 0 bridgehead atoms. The summed E-state index contributed by atoms with van der Waals surface area (Å²) in [5.74, 6) is -0.397. The van der Waals surface area contributed by atoms with Crippen molar-refractivity contribution < 1.29 is 29.0 Å². The van der Waals surface area contributed by atoms with Crippen molar-refractivity contribution in [1.29, 1.82) is 0 Å². The van der Waals surface area contributed by atoms with Crippen LogP contribution in [0.1, 0.15) is 47.8 Å². The lowest BCUT2D eigenvalue weighted by Gasteiger charge is -2.31. The van der Waals surface area contributed by atoms with Crippen molar-refractivity contribution in [3.05, 3.63) is 64.7 Å². The van der Waals surface area contributed by atoms with Crippen LogP contribution >= 0.6 is 11.8 Å². The van der Waals surface area contributed by atoms with E-state index in [1.165, 1.54) is 21.6 Å². The fourth-order valence-electron chi connectivity index (χ4n) is 4.73. The number of aryl methyl sites for hydroxylation is 2. The molecular formula is C31H42N4O6S. The summed E-state index contributed by atoms with van der Waals surface area (Å²) in [5, 5.41) is 16.9. The fraction of sp³-hybridized carbons (Fsp3) is 0.484. The fourth-order valence-corrected chi connectivity index (χ4v) is 5.89. The summed E-state index contributed by atoms with van der Waals surface area (Å²) in [6.07, 6.45) is -1.39. The minimum absolute atomic E-state index is 0.137. The Labute approximate surface area is 252 Å². The molecule has 0 saturated carbocycles. The van der Waals surface area contributed by atoms with Crippen LogP contribution in [0, 0.1) is 13.8 Å². The Morgan fingerprint density at radius 1 is 1.10 bits per heavy atom. The molecule has 1 heterocycles. The number of ether oxygens (including phenoxy) is 1. The molecule has 10 nitrogen and oxygen atoms in total. The number of thioether (sulfide) groups is 1. The number of hydrogen-bond donors (Lipinski definition) is 3. The molecule has 2 aromatic rings. The Balaban J connectivity index is 1.74. The first-order valence-corrected chi connectivity index (χ1v) is 15.0. The molecule has 3 atom stereocenters. The van der Waals surface area contributed by atoms with Crippen LogP contribution in [0.4, 0.5) is 0 Å². The largest absolute Gasteiger partial charge is 0.483 e. The zero-order chi connectivity index (χ0) is 31.2. The number of carbonyl (C=O) groups excluding carboxylic acids is 4. The Kier molecular flexibility index (Phi) is 11.0. The van der Waals surface area contributed by atoms with Crippen LogP contribution in [0.3, 0.4) is 0 Å². The molecule has 0 spiro atoms. The van der Waals surface area contributed by atoms with Gasteiger partial charge in [-0.1, -0.05) is 30.3 Å². The molecule has 1 aliphatic heterocycles. The number of amides is 4. The zero-order valence-corrected chi connectivity index (χ0v) is 26.2. The van der Waals surface area contributed by atoms with E-state index in [4.69, 9.17) is 4.74 Å². The van der Waals surface area contributed by atoms with Crippen molar-refractivity contribution in [2.45, 2.75) is 64.8 Å². The van der Waals surface area contributed by atoms with Crippen molar-refractivity contribution in [1.82, 2.24) is 20.4 Å². The third kappa shape index (κ3) is 8.72. The first-order valence-electron chi connectivity index (χ1n) is 13.8. The van der Waals surface area contributed by atoms with Gasteiger partial charge >= 0.3 is 0 Å². The number of aliphatic hydroxyl groups excluding tert-OH is 1. The maximum Gasteiger partial charge on any atom is 0.258 e. The minimum atomic E-state index is -1.59. The first-order chi connectivity index (χ1) is 19.7. The first kappa shape index (κ1) is 32.9. The SMILES string of the molecule is Cc1cc(C(=O)N(C)C)cc(C)c1OCC(=O)N[C@@H](Cc1ccccc1)[C@H](O)C(=O)N1CSC[C@H]1C(=O)NC(C)(C)C. The van der Waals surface area contributed by atoms with Crippen LogP contribution in [0.25, 0.3) is 0 Å². The normalized spacial score (nSPS) is 16.4. The molecule has 11 heteroatoms. The van der Waals surface area contributed by atoms with Gasteiger partial charge < -0.3 is 30.3 Å². The van der Waals surface area contributed by atoms with Crippen LogP contribution in [0.5, 0.6) is 5.75 Å². The van der Waals surface area contributed by atoms with Gasteiger partial charge in [-0.05, 0) is 69.9 Å². The van der Waals surface area contributed by atoms with E-state index in [2.05, 4.69) is 10.6 Å². The van der Waals surface area contributed by atoms with Gasteiger partial charge in [-0.15, -0.1) is 11.8 Å². The highest BCUT2D eigenvalue weighted by atomic mass is 32.2. The van der Waals surface area contributed by atoms with Crippen LogP contribution in [-0.4, -0.2) is 94.6 Å². The maximum absolute atomic E-state index is 13.5. The van der Waals surface area contributed by atoms with E-state index in [1.807, 2.05) is 51.1 Å². The monoisotopic (exact) mass is 598 g/mol. The van der Waals surface area contributed by atoms with Gasteiger partial charge in [0.25, 0.3) is 17.7 Å². The van der Waals surface area contributed by atoms with Gasteiger partial charge in [0.2, 0.25) is 5.91 Å². The van der Waals surface area contributed by atoms with Gasteiger partial charge in [0, 0.05) is 31.0 Å². The molecule has 3 rings (SSSR count). The number of nitrogens with one attached hydrogen (secondary N) is 2. The van der Waals surface area contributed by atoms with Crippen molar-refractivity contribution in [2.75, 3.05) is 32.3 Å². The summed E-state index contributed by atoms with van der Waals surface area (Å²) >= 11 is 1.43. The topological polar surface area (TPSA) is 128 Å². The molecule has 228 valence electrons. The summed E-state index contributed by atoms with van der Waals surface area (Å²) in [6.45, 7) is 8.83. The number of rotatable bonds is 10. The standard InChI is InChI=1S/C31H42N4O6S/c1-19-13-22(29(39)34(6)7)14-20(2)27(19)41-16-25(36)32-23(15-21-11-9-8-10-12-21)26(37)30(40)35-18-42-17-24(35)28(38)33-31(3,4)5/h8-14,23-24,26,37H,15-18H2,1-7H3,(H,32,36)(H,33,38)/t23-,24-,26-/m0/s1. The molecule has 0 aromatic heterocycles. The van der Waals surface area contributed by atoms with Gasteiger partial charge in [-0.25, -0.2) is 0 Å². The second-order valence-corrected chi connectivity index (χ2v) is 12.8. The number of aliphatic hydroxyl groups is 1. The molecule has 0 aliphatic carbocycles. The van der Waals surface area contributed by atoms with Crippen molar-refractivity contribution >= 4 is 35.4 Å². The van der Waals surface area contributed by atoms with Crippen LogP contribution in [0.2, 0.25) is 0 Å². The third-order valence-corrected chi connectivity index (χ3v) is 7.72. The Morgan fingerprint density at radius 3 is 2.29 bits per heavy atom. The van der Waals surface area contributed by atoms with E-state index in [1.54, 1.807) is 40.1 Å². The molecular weight excluding hydrogens is 556 g/mol. The third-order valence-electron chi connectivity index (χ3n) is 6.71. The van der Waals surface area contributed by atoms with Gasteiger partial charge in [0.05, 0.1) is 11.9 Å². The molecule has 3 N–H and O–H groups in total. The van der Waals surface area contributed by atoms with Crippen LogP contribution in [-0.2, 0) is 20.8 Å². The molecule has 4 amide bonds. The molecule has 0 unspecified atom stereocenters. The molecule has 1 saturated heterocycles. The van der Waals surface area contributed by atoms with E-state index in [0.717, 1.165) is 5.56 Å². The lowest BCUT2D eigenvalue weighted by Crippen LogP contribution is -2.58. The highest BCUT2D eigenvalue weighted by Crippen LogP contribution is 2.26. The number of nitrogens with zero attached hydrogens (tertiary/aromatic N) is 2. The smallest absolute Gasteiger partial charge is 0.258 e. The molecule has 2 aromatic carbocycles. The van der Waals surface area contributed by atoms with E-state index in [-0.39, 0.29) is 30.7 Å². The van der Waals surface area contributed by atoms with Gasteiger partial charge in [-0.3, -0.25) is 19.2 Å². The number of benzene rings is 2. The second-order valence-electron chi connectivity index (χ2n) is 11.8. The summed E-state index contributed by atoms with van der Waals surface area (Å²) in [4.78, 5) is 54.7. The highest BCUT2D eigenvalue weighted by Gasteiger charge is 2.40. The lowest BCUT2D eigenvalue weighted by molar-refractivity contribution is -0.147. The Hall–Kier alpha value is -3.57. The number of hydrogen-bond acceptors (Lipinski definition) is 7. The Morgan fingerprint density at radius 2 is 1.71 bits per heavy atom. The summed E-state index contributed by atoms with van der Waals surface area (Å²) in [7, 11) is 3.35. The van der Waals surface area contributed by atoms with E-state index < -0.39 is 35.5 Å².